The highest BCUT2D eigenvalue weighted by Crippen LogP contribution is 2.48. The Bertz CT molecular complexity index is 272. The van der Waals surface area contributed by atoms with Gasteiger partial charge in [0.1, 0.15) is 0 Å². The molecule has 1 aliphatic heterocycles. The molecule has 1 spiro atoms. The molecule has 1 saturated heterocycles. The molecule has 1 N–H and O–H groups in total. The molecule has 1 heterocycles. The van der Waals surface area contributed by atoms with Crippen molar-refractivity contribution < 1.29 is 4.74 Å². The zero-order valence-electron chi connectivity index (χ0n) is 11.9. The zero-order valence-corrected chi connectivity index (χ0v) is 11.9. The van der Waals surface area contributed by atoms with Crippen molar-refractivity contribution in [2.75, 3.05) is 13.2 Å². The Hall–Kier alpha value is -0.0800. The van der Waals surface area contributed by atoms with Gasteiger partial charge in [0.15, 0.2) is 0 Å². The predicted octanol–water partition coefficient (Wildman–Crippen LogP) is 3.50. The highest BCUT2D eigenvalue weighted by molar-refractivity contribution is 4.96. The molecule has 3 unspecified atom stereocenters. The van der Waals surface area contributed by atoms with Gasteiger partial charge in [0.25, 0.3) is 0 Å². The summed E-state index contributed by atoms with van der Waals surface area (Å²) in [5.74, 6) is 1.93. The van der Waals surface area contributed by atoms with Crippen molar-refractivity contribution in [3.63, 3.8) is 0 Å². The molecule has 0 aromatic rings. The average molecular weight is 251 g/mol. The smallest absolute Gasteiger partial charge is 0.0685 e. The van der Waals surface area contributed by atoms with Gasteiger partial charge >= 0.3 is 0 Å². The molecule has 104 valence electrons. The van der Waals surface area contributed by atoms with E-state index in [2.05, 4.69) is 12.2 Å². The molecule has 0 bridgehead atoms. The van der Waals surface area contributed by atoms with Gasteiger partial charge in [-0.1, -0.05) is 19.8 Å². The summed E-state index contributed by atoms with van der Waals surface area (Å²) in [6.45, 7) is 4.41. The summed E-state index contributed by atoms with van der Waals surface area (Å²) >= 11 is 0. The number of hydrogen-bond acceptors (Lipinski definition) is 2. The third kappa shape index (κ3) is 2.60. The third-order valence-electron chi connectivity index (χ3n) is 5.67. The lowest BCUT2D eigenvalue weighted by Crippen LogP contribution is -2.48. The lowest BCUT2D eigenvalue weighted by atomic mass is 9.66. The lowest BCUT2D eigenvalue weighted by molar-refractivity contribution is -0.152. The van der Waals surface area contributed by atoms with Gasteiger partial charge in [0.2, 0.25) is 0 Å². The van der Waals surface area contributed by atoms with Crippen molar-refractivity contribution in [2.45, 2.75) is 76.4 Å². The number of nitrogens with one attached hydrogen (secondary N) is 1. The Balaban J connectivity index is 1.56. The van der Waals surface area contributed by atoms with Crippen LogP contribution >= 0.6 is 0 Å². The predicted molar refractivity (Wildman–Crippen MR) is 74.7 cm³/mol. The fraction of sp³-hybridized carbons (Fsp3) is 1.00. The molecule has 0 aromatic carbocycles. The van der Waals surface area contributed by atoms with Crippen LogP contribution in [0, 0.1) is 11.8 Å². The zero-order chi connectivity index (χ0) is 12.4. The van der Waals surface area contributed by atoms with Crippen molar-refractivity contribution in [1.82, 2.24) is 5.32 Å². The molecule has 2 nitrogen and oxygen atoms in total. The summed E-state index contributed by atoms with van der Waals surface area (Å²) < 4.78 is 6.08. The van der Waals surface area contributed by atoms with Gasteiger partial charge in [0.05, 0.1) is 5.60 Å². The fourth-order valence-corrected chi connectivity index (χ4v) is 4.52. The maximum atomic E-state index is 6.08. The summed E-state index contributed by atoms with van der Waals surface area (Å²) in [7, 11) is 0. The summed E-state index contributed by atoms with van der Waals surface area (Å²) in [4.78, 5) is 0. The Morgan fingerprint density at radius 1 is 1.11 bits per heavy atom. The van der Waals surface area contributed by atoms with Crippen LogP contribution in [0.15, 0.2) is 0 Å². The van der Waals surface area contributed by atoms with Gasteiger partial charge in [-0.15, -0.1) is 0 Å². The lowest BCUT2D eigenvalue weighted by Gasteiger charge is -2.49. The second-order valence-corrected chi connectivity index (χ2v) is 6.82. The van der Waals surface area contributed by atoms with E-state index in [4.69, 9.17) is 4.74 Å². The van der Waals surface area contributed by atoms with Crippen LogP contribution in [-0.4, -0.2) is 24.8 Å². The van der Waals surface area contributed by atoms with Crippen LogP contribution in [0.4, 0.5) is 0 Å². The summed E-state index contributed by atoms with van der Waals surface area (Å²) in [5.41, 5.74) is 0.341. The van der Waals surface area contributed by atoms with E-state index in [0.717, 1.165) is 31.0 Å². The van der Waals surface area contributed by atoms with Gasteiger partial charge < -0.3 is 10.1 Å². The van der Waals surface area contributed by atoms with Gasteiger partial charge in [-0.2, -0.15) is 0 Å². The van der Waals surface area contributed by atoms with Crippen LogP contribution in [0.2, 0.25) is 0 Å². The van der Waals surface area contributed by atoms with E-state index in [0.29, 0.717) is 5.60 Å². The average Bonchev–Trinajstić information content (AvgIpc) is 2.38. The monoisotopic (exact) mass is 251 g/mol. The molecule has 0 amide bonds. The topological polar surface area (TPSA) is 21.3 Å². The standard InChI is InChI=1S/C16H29NO/c1-2-17-15-6-3-5-13(11-15)14-7-10-18-16(12-14)8-4-9-16/h13-15,17H,2-12H2,1H3. The first kappa shape index (κ1) is 12.9. The van der Waals surface area contributed by atoms with E-state index in [1.807, 2.05) is 0 Å². The molecule has 2 aliphatic carbocycles. The highest BCUT2D eigenvalue weighted by Gasteiger charge is 2.44. The molecule has 2 saturated carbocycles. The first-order valence-corrected chi connectivity index (χ1v) is 8.19. The molecule has 3 aliphatic rings. The molecule has 2 heteroatoms. The fourth-order valence-electron chi connectivity index (χ4n) is 4.52. The van der Waals surface area contributed by atoms with Gasteiger partial charge in [-0.25, -0.2) is 0 Å². The second-order valence-electron chi connectivity index (χ2n) is 6.82. The van der Waals surface area contributed by atoms with Crippen molar-refractivity contribution in [3.8, 4) is 0 Å². The number of rotatable bonds is 3. The van der Waals surface area contributed by atoms with Gasteiger partial charge in [0, 0.05) is 12.6 Å². The van der Waals surface area contributed by atoms with Crippen LogP contribution in [0.1, 0.15) is 64.7 Å². The normalized spacial score (nSPS) is 39.5. The Morgan fingerprint density at radius 3 is 2.72 bits per heavy atom. The molecular weight excluding hydrogens is 222 g/mol. The largest absolute Gasteiger partial charge is 0.375 e. The Morgan fingerprint density at radius 2 is 2.00 bits per heavy atom. The van der Waals surface area contributed by atoms with Gasteiger partial charge in [-0.05, 0) is 63.3 Å². The van der Waals surface area contributed by atoms with E-state index in [1.165, 1.54) is 57.8 Å². The van der Waals surface area contributed by atoms with Crippen molar-refractivity contribution in [3.05, 3.63) is 0 Å². The maximum Gasteiger partial charge on any atom is 0.0685 e. The van der Waals surface area contributed by atoms with E-state index in [9.17, 15) is 0 Å². The van der Waals surface area contributed by atoms with Crippen LogP contribution in [0.25, 0.3) is 0 Å². The molecule has 0 aromatic heterocycles. The summed E-state index contributed by atoms with van der Waals surface area (Å²) in [6, 6.07) is 0.800. The quantitative estimate of drug-likeness (QED) is 0.829. The summed E-state index contributed by atoms with van der Waals surface area (Å²) in [6.07, 6.45) is 12.5. The Labute approximate surface area is 112 Å². The Kier molecular flexibility index (Phi) is 3.95. The highest BCUT2D eigenvalue weighted by atomic mass is 16.5. The first-order chi connectivity index (χ1) is 8.81. The molecule has 0 radical (unpaired) electrons. The minimum absolute atomic E-state index is 0.341. The van der Waals surface area contributed by atoms with Crippen LogP contribution < -0.4 is 5.32 Å². The molecule has 18 heavy (non-hydrogen) atoms. The molecule has 3 atom stereocenters. The van der Waals surface area contributed by atoms with Crippen molar-refractivity contribution in [1.29, 1.82) is 0 Å². The van der Waals surface area contributed by atoms with E-state index in [1.54, 1.807) is 0 Å². The van der Waals surface area contributed by atoms with E-state index >= 15 is 0 Å². The number of hydrogen-bond donors (Lipinski definition) is 1. The molecule has 3 rings (SSSR count). The second kappa shape index (κ2) is 5.50. The number of ether oxygens (including phenoxy) is 1. The van der Waals surface area contributed by atoms with Crippen LogP contribution in [-0.2, 0) is 4.74 Å². The summed E-state index contributed by atoms with van der Waals surface area (Å²) in [5, 5.41) is 3.67. The van der Waals surface area contributed by atoms with E-state index < -0.39 is 0 Å². The SMILES string of the molecule is CCNC1CCCC(C2CCOC3(CCC3)C2)C1. The minimum Gasteiger partial charge on any atom is -0.375 e. The van der Waals surface area contributed by atoms with Crippen molar-refractivity contribution in [2.24, 2.45) is 11.8 Å². The van der Waals surface area contributed by atoms with Gasteiger partial charge in [-0.3, -0.25) is 0 Å². The first-order valence-electron chi connectivity index (χ1n) is 8.19. The van der Waals surface area contributed by atoms with E-state index in [-0.39, 0.29) is 0 Å². The van der Waals surface area contributed by atoms with Crippen LogP contribution in [0.3, 0.4) is 0 Å². The van der Waals surface area contributed by atoms with Crippen molar-refractivity contribution >= 4 is 0 Å². The van der Waals surface area contributed by atoms with Crippen LogP contribution in [0.5, 0.6) is 0 Å². The molecular formula is C16H29NO. The molecule has 3 fully saturated rings. The third-order valence-corrected chi connectivity index (χ3v) is 5.67. The maximum absolute atomic E-state index is 6.08. The minimum atomic E-state index is 0.341.